The summed E-state index contributed by atoms with van der Waals surface area (Å²) in [6.45, 7) is 2.35. The first-order valence-corrected chi connectivity index (χ1v) is 8.77. The molecule has 0 unspecified atom stereocenters. The number of hydrogen-bond donors (Lipinski definition) is 1. The van der Waals surface area contributed by atoms with Gasteiger partial charge in [-0.25, -0.2) is 4.98 Å². The number of rotatable bonds is 1. The van der Waals surface area contributed by atoms with Gasteiger partial charge in [0, 0.05) is 4.88 Å². The number of fused-ring (bicyclic) bond motifs is 1. The Morgan fingerprint density at radius 3 is 2.53 bits per heavy atom. The highest BCUT2D eigenvalue weighted by Crippen LogP contribution is 2.40. The van der Waals surface area contributed by atoms with Crippen LogP contribution in [0.5, 0.6) is 0 Å². The molecule has 0 amide bonds. The first kappa shape index (κ1) is 13.6. The molecule has 0 saturated heterocycles. The molecule has 1 fully saturated rings. The molecule has 2 nitrogen and oxygen atoms in total. The van der Waals surface area contributed by atoms with E-state index in [-0.39, 0.29) is 5.54 Å². The van der Waals surface area contributed by atoms with Crippen LogP contribution in [-0.2, 0) is 18.4 Å². The van der Waals surface area contributed by atoms with Gasteiger partial charge in [-0.2, -0.15) is 0 Å². The topological polar surface area (TPSA) is 38.9 Å². The third-order valence-corrected chi connectivity index (χ3v) is 6.32. The van der Waals surface area contributed by atoms with E-state index in [4.69, 9.17) is 10.7 Å². The van der Waals surface area contributed by atoms with Crippen molar-refractivity contribution in [1.82, 2.24) is 4.98 Å². The van der Waals surface area contributed by atoms with E-state index < -0.39 is 0 Å². The maximum atomic E-state index is 6.68. The summed E-state index contributed by atoms with van der Waals surface area (Å²) in [7, 11) is 0. The third kappa shape index (κ3) is 2.87. The molecule has 0 atom stereocenters. The lowest BCUT2D eigenvalue weighted by atomic mass is 9.78. The minimum Gasteiger partial charge on any atom is -0.319 e. The molecule has 2 N–H and O–H groups in total. The number of aryl methyl sites for hydroxylation is 2. The normalized spacial score (nSPS) is 32.4. The van der Waals surface area contributed by atoms with Crippen molar-refractivity contribution in [2.45, 2.75) is 76.7 Å². The smallest absolute Gasteiger partial charge is 0.113 e. The molecular formula is C16H26N2S. The monoisotopic (exact) mass is 278 g/mol. The molecule has 0 spiro atoms. The molecule has 19 heavy (non-hydrogen) atoms. The van der Waals surface area contributed by atoms with Gasteiger partial charge >= 0.3 is 0 Å². The lowest BCUT2D eigenvalue weighted by molar-refractivity contribution is 0.247. The standard InChI is InChI=1S/C16H26N2S/c1-12-8-10-16(17,11-9-12)15-18-13-6-4-2-3-5-7-14(13)19-15/h12H,2-11,17H2,1H3. The van der Waals surface area contributed by atoms with Gasteiger partial charge < -0.3 is 5.73 Å². The third-order valence-electron chi connectivity index (χ3n) is 4.94. The van der Waals surface area contributed by atoms with E-state index in [1.165, 1.54) is 66.9 Å². The van der Waals surface area contributed by atoms with Crippen molar-refractivity contribution in [3.05, 3.63) is 15.6 Å². The van der Waals surface area contributed by atoms with Gasteiger partial charge in [0.15, 0.2) is 0 Å². The van der Waals surface area contributed by atoms with Crippen LogP contribution >= 0.6 is 11.3 Å². The lowest BCUT2D eigenvalue weighted by Gasteiger charge is -2.34. The van der Waals surface area contributed by atoms with Gasteiger partial charge in [0.05, 0.1) is 11.2 Å². The number of aromatic nitrogens is 1. The Balaban J connectivity index is 1.83. The molecule has 1 saturated carbocycles. The quantitative estimate of drug-likeness (QED) is 0.837. The summed E-state index contributed by atoms with van der Waals surface area (Å²) in [4.78, 5) is 6.51. The van der Waals surface area contributed by atoms with Crippen molar-refractivity contribution in [2.24, 2.45) is 11.7 Å². The fraction of sp³-hybridized carbons (Fsp3) is 0.812. The zero-order valence-electron chi connectivity index (χ0n) is 12.1. The van der Waals surface area contributed by atoms with Crippen molar-refractivity contribution in [1.29, 1.82) is 0 Å². The average Bonchev–Trinajstić information content (AvgIpc) is 2.76. The van der Waals surface area contributed by atoms with Crippen LogP contribution in [0.1, 0.15) is 73.9 Å². The molecule has 0 radical (unpaired) electrons. The SMILES string of the molecule is CC1CCC(N)(c2nc3c(s2)CCCCCC3)CC1. The van der Waals surface area contributed by atoms with Crippen LogP contribution in [-0.4, -0.2) is 4.98 Å². The van der Waals surface area contributed by atoms with Crippen LogP contribution in [0.25, 0.3) is 0 Å². The number of nitrogens with zero attached hydrogens (tertiary/aromatic N) is 1. The van der Waals surface area contributed by atoms with Crippen LogP contribution in [0.4, 0.5) is 0 Å². The van der Waals surface area contributed by atoms with Gasteiger partial charge in [0.2, 0.25) is 0 Å². The minimum atomic E-state index is -0.113. The summed E-state index contributed by atoms with van der Waals surface area (Å²) >= 11 is 1.93. The van der Waals surface area contributed by atoms with E-state index in [1.54, 1.807) is 0 Å². The van der Waals surface area contributed by atoms with E-state index in [1.807, 2.05) is 11.3 Å². The summed E-state index contributed by atoms with van der Waals surface area (Å²) < 4.78 is 0. The van der Waals surface area contributed by atoms with Crippen LogP contribution in [0, 0.1) is 5.92 Å². The summed E-state index contributed by atoms with van der Waals surface area (Å²) in [5.41, 5.74) is 7.95. The van der Waals surface area contributed by atoms with E-state index in [0.717, 1.165) is 18.8 Å². The van der Waals surface area contributed by atoms with Crippen molar-refractivity contribution in [3.63, 3.8) is 0 Å². The van der Waals surface area contributed by atoms with Crippen molar-refractivity contribution >= 4 is 11.3 Å². The molecule has 106 valence electrons. The van der Waals surface area contributed by atoms with Gasteiger partial charge in [0.25, 0.3) is 0 Å². The van der Waals surface area contributed by atoms with E-state index >= 15 is 0 Å². The molecule has 1 aromatic rings. The number of nitrogens with two attached hydrogens (primary N) is 1. The molecule has 3 heteroatoms. The molecule has 0 aliphatic heterocycles. The molecule has 0 aromatic carbocycles. The molecule has 2 aliphatic rings. The van der Waals surface area contributed by atoms with E-state index in [0.29, 0.717) is 0 Å². The number of thiazole rings is 1. The largest absolute Gasteiger partial charge is 0.319 e. The Bertz CT molecular complexity index is 404. The van der Waals surface area contributed by atoms with Crippen LogP contribution in [0.2, 0.25) is 0 Å². The maximum Gasteiger partial charge on any atom is 0.113 e. The molecule has 2 aliphatic carbocycles. The van der Waals surface area contributed by atoms with Crippen LogP contribution in [0.15, 0.2) is 0 Å². The van der Waals surface area contributed by atoms with E-state index in [9.17, 15) is 0 Å². The fourth-order valence-corrected chi connectivity index (χ4v) is 4.72. The molecule has 0 bridgehead atoms. The molecule has 3 rings (SSSR count). The van der Waals surface area contributed by atoms with Gasteiger partial charge in [-0.05, 0) is 57.3 Å². The van der Waals surface area contributed by atoms with Gasteiger partial charge in [-0.1, -0.05) is 19.8 Å². The first-order valence-electron chi connectivity index (χ1n) is 7.95. The second-order valence-electron chi connectivity index (χ2n) is 6.64. The lowest BCUT2D eigenvalue weighted by Crippen LogP contribution is -2.40. The summed E-state index contributed by atoms with van der Waals surface area (Å²) in [5, 5.41) is 1.24. The van der Waals surface area contributed by atoms with Gasteiger partial charge in [0.1, 0.15) is 5.01 Å². The second kappa shape index (κ2) is 5.53. The van der Waals surface area contributed by atoms with Crippen molar-refractivity contribution in [2.75, 3.05) is 0 Å². The fourth-order valence-electron chi connectivity index (χ4n) is 3.41. The first-order chi connectivity index (χ1) is 9.17. The Labute approximate surface area is 120 Å². The number of hydrogen-bond acceptors (Lipinski definition) is 3. The predicted octanol–water partition coefficient (Wildman–Crippen LogP) is 4.17. The Morgan fingerprint density at radius 2 is 1.79 bits per heavy atom. The average molecular weight is 278 g/mol. The summed E-state index contributed by atoms with van der Waals surface area (Å²) in [6.07, 6.45) is 12.6. The Morgan fingerprint density at radius 1 is 1.11 bits per heavy atom. The van der Waals surface area contributed by atoms with Crippen LogP contribution in [0.3, 0.4) is 0 Å². The Kier molecular flexibility index (Phi) is 3.95. The van der Waals surface area contributed by atoms with Gasteiger partial charge in [-0.3, -0.25) is 0 Å². The highest BCUT2D eigenvalue weighted by atomic mass is 32.1. The molecule has 1 aromatic heterocycles. The molecule has 1 heterocycles. The van der Waals surface area contributed by atoms with Crippen LogP contribution < -0.4 is 5.73 Å². The van der Waals surface area contributed by atoms with Crippen molar-refractivity contribution < 1.29 is 0 Å². The summed E-state index contributed by atoms with van der Waals surface area (Å²) in [5.74, 6) is 0.845. The Hall–Kier alpha value is -0.410. The highest BCUT2D eigenvalue weighted by molar-refractivity contribution is 7.11. The molecular weight excluding hydrogens is 252 g/mol. The zero-order valence-corrected chi connectivity index (χ0v) is 12.9. The second-order valence-corrected chi connectivity index (χ2v) is 7.73. The van der Waals surface area contributed by atoms with Gasteiger partial charge in [-0.15, -0.1) is 11.3 Å². The van der Waals surface area contributed by atoms with Crippen molar-refractivity contribution in [3.8, 4) is 0 Å². The zero-order chi connectivity index (χ0) is 13.3. The summed E-state index contributed by atoms with van der Waals surface area (Å²) in [6, 6.07) is 0. The van der Waals surface area contributed by atoms with E-state index in [2.05, 4.69) is 6.92 Å². The highest BCUT2D eigenvalue weighted by Gasteiger charge is 2.35. The predicted molar refractivity (Wildman–Crippen MR) is 81.5 cm³/mol. The maximum absolute atomic E-state index is 6.68. The minimum absolute atomic E-state index is 0.113.